The number of hydrogen-bond acceptors (Lipinski definition) is 3. The van der Waals surface area contributed by atoms with Crippen molar-refractivity contribution >= 4 is 22.2 Å². The van der Waals surface area contributed by atoms with E-state index in [1.807, 2.05) is 25.1 Å². The Kier molecular flexibility index (Phi) is 4.27. The zero-order chi connectivity index (χ0) is 13.8. The number of carbonyl (C=O) groups excluding carboxylic acids is 1. The summed E-state index contributed by atoms with van der Waals surface area (Å²) in [7, 11) is 0. The molecule has 98 valence electrons. The molecule has 0 aromatic carbocycles. The third-order valence-corrected chi connectivity index (χ3v) is 3.30. The van der Waals surface area contributed by atoms with Gasteiger partial charge < -0.3 is 0 Å². The predicted molar refractivity (Wildman–Crippen MR) is 77.7 cm³/mol. The van der Waals surface area contributed by atoms with Gasteiger partial charge in [0.1, 0.15) is 0 Å². The molecule has 5 heteroatoms. The Balaban J connectivity index is 2.40. The van der Waals surface area contributed by atoms with E-state index in [-0.39, 0.29) is 5.92 Å². The lowest BCUT2D eigenvalue weighted by atomic mass is 10.0. The van der Waals surface area contributed by atoms with Crippen LogP contribution in [0.2, 0.25) is 0 Å². The van der Waals surface area contributed by atoms with Gasteiger partial charge in [-0.1, -0.05) is 13.0 Å². The van der Waals surface area contributed by atoms with E-state index in [0.717, 1.165) is 22.9 Å². The van der Waals surface area contributed by atoms with Gasteiger partial charge in [-0.2, -0.15) is 5.10 Å². The van der Waals surface area contributed by atoms with Crippen molar-refractivity contribution in [1.82, 2.24) is 14.8 Å². The molecule has 1 unspecified atom stereocenters. The average molecular weight is 320 g/mol. The van der Waals surface area contributed by atoms with E-state index in [1.165, 1.54) is 0 Å². The molecule has 0 aliphatic rings. The van der Waals surface area contributed by atoms with Crippen molar-refractivity contribution in [2.75, 3.05) is 0 Å². The van der Waals surface area contributed by atoms with E-state index in [2.05, 4.69) is 32.6 Å². The molecule has 0 bridgehead atoms. The highest BCUT2D eigenvalue weighted by Gasteiger charge is 2.15. The second kappa shape index (κ2) is 5.93. The maximum absolute atomic E-state index is 11.1. The summed E-state index contributed by atoms with van der Waals surface area (Å²) in [6.45, 7) is 5.74. The number of aldehydes is 1. The van der Waals surface area contributed by atoms with E-state index in [0.29, 0.717) is 11.4 Å². The molecule has 19 heavy (non-hydrogen) atoms. The molecular weight excluding hydrogens is 306 g/mol. The Morgan fingerprint density at radius 2 is 2.32 bits per heavy atom. The largest absolute Gasteiger partial charge is 0.298 e. The van der Waals surface area contributed by atoms with Crippen molar-refractivity contribution in [1.29, 1.82) is 0 Å². The van der Waals surface area contributed by atoms with Crippen molar-refractivity contribution in [3.63, 3.8) is 0 Å². The van der Waals surface area contributed by atoms with E-state index in [4.69, 9.17) is 0 Å². The first-order valence-electron chi connectivity index (χ1n) is 5.93. The highest BCUT2D eigenvalue weighted by Crippen LogP contribution is 2.22. The van der Waals surface area contributed by atoms with Crippen molar-refractivity contribution in [2.24, 2.45) is 0 Å². The molecule has 0 aliphatic carbocycles. The number of hydrogen-bond donors (Lipinski definition) is 0. The van der Waals surface area contributed by atoms with Crippen molar-refractivity contribution in [2.45, 2.75) is 19.3 Å². The lowest BCUT2D eigenvalue weighted by Gasteiger charge is -2.05. The zero-order valence-electron chi connectivity index (χ0n) is 10.6. The Labute approximate surface area is 120 Å². The molecule has 2 aromatic heterocycles. The summed E-state index contributed by atoms with van der Waals surface area (Å²) in [5.41, 5.74) is 1.37. The molecule has 0 aliphatic heterocycles. The maximum Gasteiger partial charge on any atom is 0.153 e. The first-order chi connectivity index (χ1) is 9.15. The van der Waals surface area contributed by atoms with Gasteiger partial charge in [-0.3, -0.25) is 4.79 Å². The summed E-state index contributed by atoms with van der Waals surface area (Å²) < 4.78 is 2.53. The monoisotopic (exact) mass is 319 g/mol. The summed E-state index contributed by atoms with van der Waals surface area (Å²) in [5.74, 6) is 0.845. The van der Waals surface area contributed by atoms with Gasteiger partial charge in [0.2, 0.25) is 0 Å². The fourth-order valence-electron chi connectivity index (χ4n) is 1.86. The number of allylic oxidation sites excluding steroid dienone is 1. The predicted octanol–water partition coefficient (Wildman–Crippen LogP) is 3.52. The summed E-state index contributed by atoms with van der Waals surface area (Å²) in [5, 5.41) is 4.46. The highest BCUT2D eigenvalue weighted by molar-refractivity contribution is 9.10. The van der Waals surface area contributed by atoms with E-state index >= 15 is 0 Å². The smallest absolute Gasteiger partial charge is 0.153 e. The molecule has 4 nitrogen and oxygen atoms in total. The van der Waals surface area contributed by atoms with Gasteiger partial charge in [-0.25, -0.2) is 9.67 Å². The van der Waals surface area contributed by atoms with Gasteiger partial charge in [-0.05, 0) is 34.5 Å². The number of rotatable bonds is 5. The summed E-state index contributed by atoms with van der Waals surface area (Å²) >= 11 is 3.34. The molecule has 0 saturated carbocycles. The molecule has 2 aromatic rings. The molecule has 0 radical (unpaired) electrons. The van der Waals surface area contributed by atoms with Gasteiger partial charge in [0.15, 0.2) is 12.1 Å². The van der Waals surface area contributed by atoms with Crippen LogP contribution >= 0.6 is 15.9 Å². The van der Waals surface area contributed by atoms with Crippen LogP contribution in [0.25, 0.3) is 5.82 Å². The lowest BCUT2D eigenvalue weighted by Crippen LogP contribution is -2.00. The fourth-order valence-corrected chi connectivity index (χ4v) is 2.09. The number of carbonyl (C=O) groups is 1. The van der Waals surface area contributed by atoms with Crippen LogP contribution in [0.5, 0.6) is 0 Å². The third kappa shape index (κ3) is 2.98. The van der Waals surface area contributed by atoms with Gasteiger partial charge in [0.05, 0.1) is 11.3 Å². The summed E-state index contributed by atoms with van der Waals surface area (Å²) in [6.07, 6.45) is 6.85. The van der Waals surface area contributed by atoms with Crippen LogP contribution in [-0.4, -0.2) is 21.1 Å². The second-order valence-corrected chi connectivity index (χ2v) is 5.21. The number of nitrogens with zero attached hydrogens (tertiary/aromatic N) is 3. The average Bonchev–Trinajstić information content (AvgIpc) is 2.84. The quantitative estimate of drug-likeness (QED) is 0.625. The minimum atomic E-state index is 0.161. The molecule has 0 fully saturated rings. The number of pyridine rings is 1. The van der Waals surface area contributed by atoms with Crippen LogP contribution in [0.1, 0.15) is 35.3 Å². The van der Waals surface area contributed by atoms with Crippen LogP contribution < -0.4 is 0 Å². The van der Waals surface area contributed by atoms with Crippen LogP contribution in [0.3, 0.4) is 0 Å². The molecule has 2 rings (SSSR count). The van der Waals surface area contributed by atoms with Crippen LogP contribution in [0.4, 0.5) is 0 Å². The maximum atomic E-state index is 11.1. The van der Waals surface area contributed by atoms with E-state index in [9.17, 15) is 4.79 Å². The topological polar surface area (TPSA) is 47.8 Å². The lowest BCUT2D eigenvalue weighted by molar-refractivity contribution is 0.112. The minimum Gasteiger partial charge on any atom is -0.298 e. The number of aromatic nitrogens is 3. The van der Waals surface area contributed by atoms with E-state index in [1.54, 1.807) is 17.1 Å². The molecule has 0 spiro atoms. The molecule has 1 atom stereocenters. The summed E-state index contributed by atoms with van der Waals surface area (Å²) in [6, 6.07) is 3.73. The van der Waals surface area contributed by atoms with E-state index < -0.39 is 0 Å². The molecule has 0 saturated heterocycles. The Hall–Kier alpha value is -1.75. The Morgan fingerprint density at radius 3 is 2.89 bits per heavy atom. The van der Waals surface area contributed by atoms with Gasteiger partial charge in [-0.15, -0.1) is 6.58 Å². The van der Waals surface area contributed by atoms with Crippen LogP contribution in [0, 0.1) is 0 Å². The molecule has 0 N–H and O–H groups in total. The van der Waals surface area contributed by atoms with Crippen LogP contribution in [-0.2, 0) is 0 Å². The Morgan fingerprint density at radius 1 is 1.53 bits per heavy atom. The number of halogens is 1. The summed E-state index contributed by atoms with van der Waals surface area (Å²) in [4.78, 5) is 15.4. The molecule has 0 amide bonds. The third-order valence-electron chi connectivity index (χ3n) is 2.83. The van der Waals surface area contributed by atoms with Gasteiger partial charge >= 0.3 is 0 Å². The van der Waals surface area contributed by atoms with Crippen molar-refractivity contribution in [3.05, 3.63) is 52.9 Å². The first kappa shape index (κ1) is 13.7. The van der Waals surface area contributed by atoms with Crippen LogP contribution in [0.15, 0.2) is 41.7 Å². The molecular formula is C14H14BrN3O. The van der Waals surface area contributed by atoms with Gasteiger partial charge in [0.25, 0.3) is 0 Å². The zero-order valence-corrected chi connectivity index (χ0v) is 12.2. The van der Waals surface area contributed by atoms with Crippen molar-refractivity contribution in [3.8, 4) is 5.82 Å². The second-order valence-electron chi connectivity index (χ2n) is 4.29. The Bertz CT molecular complexity index is 589. The normalized spacial score (nSPS) is 12.1. The van der Waals surface area contributed by atoms with Crippen molar-refractivity contribution < 1.29 is 4.79 Å². The standard InChI is InChI=1S/C14H14BrN3O/c1-3-4-10(2)14-11(9-19)8-18(17-14)13-6-5-12(15)7-16-13/h3,5-10H,1,4H2,2H3. The van der Waals surface area contributed by atoms with Gasteiger partial charge in [0, 0.05) is 22.8 Å². The molecule has 2 heterocycles. The minimum absolute atomic E-state index is 0.161. The SMILES string of the molecule is C=CCC(C)c1nn(-c2ccc(Br)cn2)cc1C=O. The first-order valence-corrected chi connectivity index (χ1v) is 6.72. The highest BCUT2D eigenvalue weighted by atomic mass is 79.9. The fraction of sp³-hybridized carbons (Fsp3) is 0.214.